The highest BCUT2D eigenvalue weighted by Crippen LogP contribution is 2.22. The molecule has 0 aliphatic heterocycles. The second-order valence-electron chi connectivity index (χ2n) is 5.51. The number of hydrogen-bond acceptors (Lipinski definition) is 3. The molecule has 3 rings (SSSR count). The van der Waals surface area contributed by atoms with Crippen LogP contribution in [0.4, 0.5) is 19.0 Å². The van der Waals surface area contributed by atoms with E-state index in [2.05, 4.69) is 31.1 Å². The van der Waals surface area contributed by atoms with Crippen molar-refractivity contribution in [3.8, 4) is 5.75 Å². The summed E-state index contributed by atoms with van der Waals surface area (Å²) < 4.78 is 43.7. The Kier molecular flexibility index (Phi) is 5.80. The van der Waals surface area contributed by atoms with Gasteiger partial charge in [-0.15, -0.1) is 0 Å². The standard InChI is InChI=1S/C18H13BrF3N3O2/c19-15-10-25(9-11-1-5-13(20)6-2-11)24-16(15)23-17(26)12-3-7-14(8-4-12)27-18(21)22/h1-8,10,18H,9H2,(H,23,24,26). The van der Waals surface area contributed by atoms with E-state index in [-0.39, 0.29) is 17.1 Å². The van der Waals surface area contributed by atoms with Gasteiger partial charge in [0.25, 0.3) is 5.91 Å². The van der Waals surface area contributed by atoms with Gasteiger partial charge in [-0.05, 0) is 57.9 Å². The zero-order valence-electron chi connectivity index (χ0n) is 13.7. The number of alkyl halides is 2. The minimum absolute atomic E-state index is 0.0358. The predicted molar refractivity (Wildman–Crippen MR) is 96.5 cm³/mol. The maximum absolute atomic E-state index is 13.0. The number of benzene rings is 2. The molecule has 0 aliphatic rings. The minimum atomic E-state index is -2.93. The molecule has 3 aromatic rings. The first-order chi connectivity index (χ1) is 12.9. The summed E-state index contributed by atoms with van der Waals surface area (Å²) in [6.45, 7) is -2.53. The van der Waals surface area contributed by atoms with Crippen molar-refractivity contribution in [1.82, 2.24) is 9.78 Å². The van der Waals surface area contributed by atoms with Gasteiger partial charge in [0.2, 0.25) is 0 Å². The Morgan fingerprint density at radius 1 is 1.15 bits per heavy atom. The van der Waals surface area contributed by atoms with Crippen LogP contribution in [0.1, 0.15) is 15.9 Å². The molecule has 0 bridgehead atoms. The van der Waals surface area contributed by atoms with Gasteiger partial charge in [0.05, 0.1) is 11.0 Å². The van der Waals surface area contributed by atoms with Crippen molar-refractivity contribution in [2.75, 3.05) is 5.32 Å². The van der Waals surface area contributed by atoms with E-state index in [1.54, 1.807) is 23.0 Å². The van der Waals surface area contributed by atoms with Crippen LogP contribution in [0.3, 0.4) is 0 Å². The lowest BCUT2D eigenvalue weighted by Gasteiger charge is -2.06. The number of aromatic nitrogens is 2. The van der Waals surface area contributed by atoms with Gasteiger partial charge >= 0.3 is 6.61 Å². The van der Waals surface area contributed by atoms with Crippen LogP contribution in [0.15, 0.2) is 59.2 Å². The second kappa shape index (κ2) is 8.26. The number of ether oxygens (including phenoxy) is 1. The van der Waals surface area contributed by atoms with Crippen LogP contribution >= 0.6 is 15.9 Å². The lowest BCUT2D eigenvalue weighted by atomic mass is 10.2. The topological polar surface area (TPSA) is 56.2 Å². The number of anilines is 1. The normalized spacial score (nSPS) is 10.9. The van der Waals surface area contributed by atoms with Crippen molar-refractivity contribution in [3.05, 3.63) is 76.1 Å². The Hall–Kier alpha value is -2.81. The highest BCUT2D eigenvalue weighted by Gasteiger charge is 2.13. The summed E-state index contributed by atoms with van der Waals surface area (Å²) in [5.74, 6) is -0.508. The Balaban J connectivity index is 1.67. The van der Waals surface area contributed by atoms with Gasteiger partial charge in [-0.1, -0.05) is 12.1 Å². The van der Waals surface area contributed by atoms with E-state index in [1.165, 1.54) is 36.4 Å². The molecule has 27 heavy (non-hydrogen) atoms. The summed E-state index contributed by atoms with van der Waals surface area (Å²) in [7, 11) is 0. The second-order valence-corrected chi connectivity index (χ2v) is 6.36. The molecule has 1 heterocycles. The molecular weight excluding hydrogens is 427 g/mol. The van der Waals surface area contributed by atoms with Crippen molar-refractivity contribution >= 4 is 27.7 Å². The Bertz CT molecular complexity index is 928. The molecule has 0 fully saturated rings. The van der Waals surface area contributed by atoms with Crippen LogP contribution in [-0.2, 0) is 6.54 Å². The molecule has 9 heteroatoms. The molecule has 0 radical (unpaired) electrons. The van der Waals surface area contributed by atoms with E-state index in [9.17, 15) is 18.0 Å². The van der Waals surface area contributed by atoms with Crippen molar-refractivity contribution in [2.24, 2.45) is 0 Å². The van der Waals surface area contributed by atoms with Crippen molar-refractivity contribution in [3.63, 3.8) is 0 Å². The third-order valence-electron chi connectivity index (χ3n) is 3.55. The van der Waals surface area contributed by atoms with Crippen LogP contribution in [0.2, 0.25) is 0 Å². The minimum Gasteiger partial charge on any atom is -0.435 e. The van der Waals surface area contributed by atoms with Crippen molar-refractivity contribution in [1.29, 1.82) is 0 Å². The number of nitrogens with zero attached hydrogens (tertiary/aromatic N) is 2. The number of halogens is 4. The number of hydrogen-bond donors (Lipinski definition) is 1. The van der Waals surface area contributed by atoms with E-state index >= 15 is 0 Å². The van der Waals surface area contributed by atoms with Crippen molar-refractivity contribution in [2.45, 2.75) is 13.2 Å². The molecule has 0 spiro atoms. The molecule has 5 nitrogen and oxygen atoms in total. The molecule has 1 aromatic heterocycles. The van der Waals surface area contributed by atoms with Gasteiger partial charge in [0, 0.05) is 11.8 Å². The number of carbonyl (C=O) groups is 1. The highest BCUT2D eigenvalue weighted by molar-refractivity contribution is 9.10. The fraction of sp³-hybridized carbons (Fsp3) is 0.111. The van der Waals surface area contributed by atoms with E-state index in [4.69, 9.17) is 0 Å². The van der Waals surface area contributed by atoms with E-state index in [0.29, 0.717) is 16.8 Å². The quantitative estimate of drug-likeness (QED) is 0.606. The Morgan fingerprint density at radius 2 is 1.81 bits per heavy atom. The van der Waals surface area contributed by atoms with Crippen LogP contribution in [0, 0.1) is 5.82 Å². The lowest BCUT2D eigenvalue weighted by molar-refractivity contribution is -0.0498. The average molecular weight is 440 g/mol. The summed E-state index contributed by atoms with van der Waals surface area (Å²) in [4.78, 5) is 12.3. The highest BCUT2D eigenvalue weighted by atomic mass is 79.9. The maximum Gasteiger partial charge on any atom is 0.387 e. The first kappa shape index (κ1) is 19.0. The molecule has 0 atom stereocenters. The van der Waals surface area contributed by atoms with Crippen LogP contribution < -0.4 is 10.1 Å². The van der Waals surface area contributed by atoms with Gasteiger partial charge in [-0.25, -0.2) is 4.39 Å². The Morgan fingerprint density at radius 3 is 2.44 bits per heavy atom. The molecule has 0 aliphatic carbocycles. The lowest BCUT2D eigenvalue weighted by Crippen LogP contribution is -2.13. The summed E-state index contributed by atoms with van der Waals surface area (Å²) in [6, 6.07) is 11.3. The zero-order valence-corrected chi connectivity index (χ0v) is 15.3. The number of carbonyl (C=O) groups excluding carboxylic acids is 1. The molecule has 0 saturated carbocycles. The first-order valence-electron chi connectivity index (χ1n) is 7.74. The van der Waals surface area contributed by atoms with Crippen LogP contribution in [-0.4, -0.2) is 22.3 Å². The number of amides is 1. The van der Waals surface area contributed by atoms with Gasteiger partial charge in [-0.3, -0.25) is 9.48 Å². The predicted octanol–water partition coefficient (Wildman–Crippen LogP) is 4.69. The van der Waals surface area contributed by atoms with Gasteiger partial charge in [-0.2, -0.15) is 13.9 Å². The van der Waals surface area contributed by atoms with E-state index in [1.807, 2.05) is 0 Å². The summed E-state index contributed by atoms with van der Waals surface area (Å²) >= 11 is 3.32. The fourth-order valence-corrected chi connectivity index (χ4v) is 2.72. The molecule has 140 valence electrons. The SMILES string of the molecule is O=C(Nc1nn(Cc2ccc(F)cc2)cc1Br)c1ccc(OC(F)F)cc1. The van der Waals surface area contributed by atoms with Gasteiger partial charge < -0.3 is 10.1 Å². The Labute approximate surface area is 160 Å². The largest absolute Gasteiger partial charge is 0.435 e. The van der Waals surface area contributed by atoms with Gasteiger partial charge in [0.1, 0.15) is 11.6 Å². The molecule has 1 N–H and O–H groups in total. The summed E-state index contributed by atoms with van der Waals surface area (Å²) in [5, 5.41) is 6.91. The smallest absolute Gasteiger partial charge is 0.387 e. The fourth-order valence-electron chi connectivity index (χ4n) is 2.31. The molecule has 1 amide bonds. The van der Waals surface area contributed by atoms with E-state index < -0.39 is 12.5 Å². The third kappa shape index (κ3) is 5.10. The van der Waals surface area contributed by atoms with Crippen LogP contribution in [0.5, 0.6) is 5.75 Å². The third-order valence-corrected chi connectivity index (χ3v) is 4.13. The molecule has 0 saturated heterocycles. The maximum atomic E-state index is 13.0. The zero-order chi connectivity index (χ0) is 19.4. The molecular formula is C18H13BrF3N3O2. The summed E-state index contributed by atoms with van der Waals surface area (Å²) in [5.41, 5.74) is 1.11. The number of nitrogens with one attached hydrogen (secondary N) is 1. The summed E-state index contributed by atoms with van der Waals surface area (Å²) in [6.07, 6.45) is 1.68. The van der Waals surface area contributed by atoms with E-state index in [0.717, 1.165) is 5.56 Å². The molecule has 0 unspecified atom stereocenters. The van der Waals surface area contributed by atoms with Crippen molar-refractivity contribution < 1.29 is 22.7 Å². The number of rotatable bonds is 6. The average Bonchev–Trinajstić information content (AvgIpc) is 2.96. The molecule has 2 aromatic carbocycles. The van der Waals surface area contributed by atoms with Crippen LogP contribution in [0.25, 0.3) is 0 Å². The monoisotopic (exact) mass is 439 g/mol. The first-order valence-corrected chi connectivity index (χ1v) is 8.53. The van der Waals surface area contributed by atoms with Gasteiger partial charge in [0.15, 0.2) is 5.82 Å².